The molecule has 6 nitrogen and oxygen atoms in total. The summed E-state index contributed by atoms with van der Waals surface area (Å²) in [4.78, 5) is 14.6. The molecule has 0 atom stereocenters. The van der Waals surface area contributed by atoms with Crippen LogP contribution in [0.1, 0.15) is 23.1 Å². The van der Waals surface area contributed by atoms with Gasteiger partial charge in [0.15, 0.2) is 0 Å². The van der Waals surface area contributed by atoms with Crippen molar-refractivity contribution in [3.8, 4) is 0 Å². The van der Waals surface area contributed by atoms with Gasteiger partial charge in [0.05, 0.1) is 4.90 Å². The molecule has 2 heterocycles. The summed E-state index contributed by atoms with van der Waals surface area (Å²) >= 11 is 0. The quantitative estimate of drug-likeness (QED) is 0.615. The molecule has 7 heteroatoms. The average Bonchev–Trinajstić information content (AvgIpc) is 2.67. The minimum Gasteiger partial charge on any atom is -0.423 e. The van der Waals surface area contributed by atoms with Gasteiger partial charge in [-0.1, -0.05) is 12.1 Å². The van der Waals surface area contributed by atoms with Crippen molar-refractivity contribution in [2.45, 2.75) is 31.2 Å². The molecule has 152 valence electrons. The predicted molar refractivity (Wildman–Crippen MR) is 114 cm³/mol. The molecule has 0 bridgehead atoms. The maximum atomic E-state index is 12.5. The third-order valence-electron chi connectivity index (χ3n) is 5.39. The minimum absolute atomic E-state index is 0.310. The fourth-order valence-corrected chi connectivity index (χ4v) is 4.81. The lowest BCUT2D eigenvalue weighted by Gasteiger charge is -2.32. The summed E-state index contributed by atoms with van der Waals surface area (Å²) in [5.41, 5.74) is 4.22. The maximum absolute atomic E-state index is 12.5. The lowest BCUT2D eigenvalue weighted by molar-refractivity contribution is 0.520. The van der Waals surface area contributed by atoms with E-state index in [0.717, 1.165) is 47.2 Å². The van der Waals surface area contributed by atoms with Gasteiger partial charge in [-0.2, -0.15) is 0 Å². The second-order valence-electron chi connectivity index (χ2n) is 7.69. The van der Waals surface area contributed by atoms with E-state index in [2.05, 4.69) is 4.90 Å². The monoisotopic (exact) mass is 412 g/mol. The zero-order valence-electron chi connectivity index (χ0n) is 16.8. The molecule has 0 spiro atoms. The van der Waals surface area contributed by atoms with Crippen LogP contribution in [0.5, 0.6) is 0 Å². The minimum atomic E-state index is -3.46. The van der Waals surface area contributed by atoms with E-state index in [1.165, 1.54) is 18.4 Å². The van der Waals surface area contributed by atoms with E-state index in [0.29, 0.717) is 17.0 Å². The Morgan fingerprint density at radius 2 is 1.90 bits per heavy atom. The van der Waals surface area contributed by atoms with Crippen LogP contribution in [0.2, 0.25) is 0 Å². The fourth-order valence-electron chi connectivity index (χ4n) is 3.86. The Morgan fingerprint density at radius 1 is 1.10 bits per heavy atom. The van der Waals surface area contributed by atoms with Crippen molar-refractivity contribution in [3.63, 3.8) is 0 Å². The number of hydrogen-bond donors (Lipinski definition) is 0. The highest BCUT2D eigenvalue weighted by Crippen LogP contribution is 2.32. The molecule has 0 N–H and O–H groups in total. The molecule has 1 aliphatic rings. The predicted octanol–water partition coefficient (Wildman–Crippen LogP) is 3.30. The van der Waals surface area contributed by atoms with Gasteiger partial charge in [0, 0.05) is 44.3 Å². The molecule has 0 amide bonds. The standard InChI is InChI=1S/C22H24N2O4S/c1-15-6-8-19-17(13-22(25)28-21(19)11-15)14-24-10-4-5-16-12-18(7-9-20(16)24)29(26,27)23(2)3/h6-9,11-13H,4-5,10,14H2,1-3H3. The van der Waals surface area contributed by atoms with Crippen molar-refractivity contribution in [2.24, 2.45) is 0 Å². The van der Waals surface area contributed by atoms with Gasteiger partial charge in [-0.05, 0) is 60.7 Å². The van der Waals surface area contributed by atoms with Crippen LogP contribution in [0, 0.1) is 6.92 Å². The third kappa shape index (κ3) is 3.68. The summed E-state index contributed by atoms with van der Waals surface area (Å²) in [7, 11) is -0.391. The highest BCUT2D eigenvalue weighted by molar-refractivity contribution is 7.89. The zero-order chi connectivity index (χ0) is 20.8. The van der Waals surface area contributed by atoms with Crippen LogP contribution < -0.4 is 10.5 Å². The number of sulfonamides is 1. The number of hydrogen-bond acceptors (Lipinski definition) is 5. The summed E-state index contributed by atoms with van der Waals surface area (Å²) < 4.78 is 31.5. The van der Waals surface area contributed by atoms with E-state index in [9.17, 15) is 13.2 Å². The van der Waals surface area contributed by atoms with Gasteiger partial charge in [0.25, 0.3) is 0 Å². The number of fused-ring (bicyclic) bond motifs is 2. The normalized spacial score (nSPS) is 14.4. The Bertz CT molecular complexity index is 1250. The van der Waals surface area contributed by atoms with E-state index in [-0.39, 0.29) is 5.63 Å². The van der Waals surface area contributed by atoms with Gasteiger partial charge < -0.3 is 9.32 Å². The van der Waals surface area contributed by atoms with E-state index in [4.69, 9.17) is 4.42 Å². The number of aryl methyl sites for hydroxylation is 2. The Balaban J connectivity index is 1.73. The summed E-state index contributed by atoms with van der Waals surface area (Å²) in [5.74, 6) is 0. The van der Waals surface area contributed by atoms with Crippen LogP contribution in [-0.2, 0) is 23.0 Å². The van der Waals surface area contributed by atoms with Crippen molar-refractivity contribution in [2.75, 3.05) is 25.5 Å². The van der Waals surface area contributed by atoms with E-state index >= 15 is 0 Å². The number of benzene rings is 2. The first-order chi connectivity index (χ1) is 13.8. The first-order valence-electron chi connectivity index (χ1n) is 9.59. The summed E-state index contributed by atoms with van der Waals surface area (Å²) in [5, 5.41) is 0.925. The fraction of sp³-hybridized carbons (Fsp3) is 0.318. The first kappa shape index (κ1) is 19.7. The molecular formula is C22H24N2O4S. The Labute approximate surface area is 170 Å². The van der Waals surface area contributed by atoms with Crippen LogP contribution in [0.25, 0.3) is 11.0 Å². The van der Waals surface area contributed by atoms with Crippen LogP contribution in [-0.4, -0.2) is 33.4 Å². The van der Waals surface area contributed by atoms with Gasteiger partial charge in [-0.3, -0.25) is 0 Å². The largest absolute Gasteiger partial charge is 0.423 e. The molecule has 3 aromatic rings. The van der Waals surface area contributed by atoms with Crippen LogP contribution in [0.3, 0.4) is 0 Å². The van der Waals surface area contributed by atoms with Gasteiger partial charge in [-0.25, -0.2) is 17.5 Å². The van der Waals surface area contributed by atoms with Gasteiger partial charge in [-0.15, -0.1) is 0 Å². The van der Waals surface area contributed by atoms with Gasteiger partial charge in [0.2, 0.25) is 10.0 Å². The van der Waals surface area contributed by atoms with Crippen molar-refractivity contribution >= 4 is 26.7 Å². The summed E-state index contributed by atoms with van der Waals surface area (Å²) in [6.45, 7) is 3.38. The summed E-state index contributed by atoms with van der Waals surface area (Å²) in [6, 6.07) is 12.7. The molecule has 4 rings (SSSR count). The number of rotatable bonds is 4. The molecule has 0 saturated heterocycles. The second kappa shape index (κ2) is 7.31. The van der Waals surface area contributed by atoms with Crippen LogP contribution in [0.15, 0.2) is 56.6 Å². The topological polar surface area (TPSA) is 70.8 Å². The zero-order valence-corrected chi connectivity index (χ0v) is 17.6. The number of nitrogens with zero attached hydrogens (tertiary/aromatic N) is 2. The molecule has 0 saturated carbocycles. The molecule has 1 aliphatic heterocycles. The Kier molecular flexibility index (Phi) is 4.96. The van der Waals surface area contributed by atoms with Crippen LogP contribution >= 0.6 is 0 Å². The van der Waals surface area contributed by atoms with Crippen molar-refractivity contribution in [1.29, 1.82) is 0 Å². The molecule has 1 aromatic heterocycles. The molecule has 29 heavy (non-hydrogen) atoms. The smallest absolute Gasteiger partial charge is 0.336 e. The Morgan fingerprint density at radius 3 is 2.66 bits per heavy atom. The third-order valence-corrected chi connectivity index (χ3v) is 7.20. The molecule has 0 unspecified atom stereocenters. The van der Waals surface area contributed by atoms with E-state index < -0.39 is 10.0 Å². The lowest BCUT2D eigenvalue weighted by atomic mass is 10.0. The van der Waals surface area contributed by atoms with Crippen molar-refractivity contribution in [3.05, 3.63) is 69.6 Å². The van der Waals surface area contributed by atoms with Crippen molar-refractivity contribution < 1.29 is 12.8 Å². The first-order valence-corrected chi connectivity index (χ1v) is 11.0. The maximum Gasteiger partial charge on any atom is 0.336 e. The average molecular weight is 413 g/mol. The lowest BCUT2D eigenvalue weighted by Crippen LogP contribution is -2.30. The molecular weight excluding hydrogens is 388 g/mol. The second-order valence-corrected chi connectivity index (χ2v) is 9.85. The van der Waals surface area contributed by atoms with E-state index in [1.807, 2.05) is 31.2 Å². The highest BCUT2D eigenvalue weighted by atomic mass is 32.2. The Hall–Kier alpha value is -2.64. The SMILES string of the molecule is Cc1ccc2c(CN3CCCc4cc(S(=O)(=O)N(C)C)ccc43)cc(=O)oc2c1. The van der Waals surface area contributed by atoms with Gasteiger partial charge >= 0.3 is 5.63 Å². The summed E-state index contributed by atoms with van der Waals surface area (Å²) in [6.07, 6.45) is 1.76. The van der Waals surface area contributed by atoms with Crippen molar-refractivity contribution in [1.82, 2.24) is 4.31 Å². The van der Waals surface area contributed by atoms with E-state index in [1.54, 1.807) is 18.2 Å². The molecule has 0 fully saturated rings. The molecule has 2 aromatic carbocycles. The molecule has 0 aliphatic carbocycles. The number of anilines is 1. The van der Waals surface area contributed by atoms with Gasteiger partial charge in [0.1, 0.15) is 5.58 Å². The molecule has 0 radical (unpaired) electrons. The highest BCUT2D eigenvalue weighted by Gasteiger charge is 2.23. The van der Waals surface area contributed by atoms with Crippen LogP contribution in [0.4, 0.5) is 5.69 Å².